The predicted molar refractivity (Wildman–Crippen MR) is 60.9 cm³/mol. The van der Waals surface area contributed by atoms with E-state index in [1.54, 1.807) is 0 Å². The summed E-state index contributed by atoms with van der Waals surface area (Å²) >= 11 is 0. The number of rotatable bonds is 2. The molecule has 2 rings (SSSR count). The SMILES string of the molecule is Cl.Cl.N[C@H]1CCN(CC2CCC2)C1. The lowest BCUT2D eigenvalue weighted by Crippen LogP contribution is -2.33. The summed E-state index contributed by atoms with van der Waals surface area (Å²) in [4.78, 5) is 2.54. The largest absolute Gasteiger partial charge is 0.326 e. The van der Waals surface area contributed by atoms with Crippen molar-refractivity contribution >= 4 is 24.8 Å². The number of nitrogens with zero attached hydrogens (tertiary/aromatic N) is 1. The maximum Gasteiger partial charge on any atom is 0.0180 e. The molecule has 1 saturated carbocycles. The van der Waals surface area contributed by atoms with Gasteiger partial charge in [-0.2, -0.15) is 0 Å². The van der Waals surface area contributed by atoms with Crippen LogP contribution in [0.5, 0.6) is 0 Å². The van der Waals surface area contributed by atoms with Gasteiger partial charge in [-0.15, -0.1) is 24.8 Å². The van der Waals surface area contributed by atoms with E-state index in [2.05, 4.69) is 4.90 Å². The minimum atomic E-state index is 0. The maximum absolute atomic E-state index is 5.82. The normalized spacial score (nSPS) is 28.8. The van der Waals surface area contributed by atoms with Crippen LogP contribution in [-0.4, -0.2) is 30.6 Å². The standard InChI is InChI=1S/C9H18N2.2ClH/c10-9-4-5-11(7-9)6-8-2-1-3-8;;/h8-9H,1-7,10H2;2*1H/t9-;;/m0../s1. The molecule has 1 aliphatic heterocycles. The summed E-state index contributed by atoms with van der Waals surface area (Å²) < 4.78 is 0. The van der Waals surface area contributed by atoms with E-state index in [1.165, 1.54) is 38.8 Å². The molecule has 0 spiro atoms. The lowest BCUT2D eigenvalue weighted by Gasteiger charge is -2.29. The number of hydrogen-bond acceptors (Lipinski definition) is 2. The van der Waals surface area contributed by atoms with Crippen LogP contribution in [-0.2, 0) is 0 Å². The zero-order chi connectivity index (χ0) is 7.68. The average molecular weight is 227 g/mol. The maximum atomic E-state index is 5.82. The third-order valence-corrected chi connectivity index (χ3v) is 3.05. The Morgan fingerprint density at radius 3 is 2.23 bits per heavy atom. The van der Waals surface area contributed by atoms with Crippen LogP contribution in [0.15, 0.2) is 0 Å². The Balaban J connectivity index is 0.000000720. The molecule has 0 amide bonds. The molecule has 1 atom stereocenters. The second-order valence-corrected chi connectivity index (χ2v) is 4.11. The summed E-state index contributed by atoms with van der Waals surface area (Å²) in [5.41, 5.74) is 5.82. The van der Waals surface area contributed by atoms with Gasteiger partial charge in [-0.05, 0) is 31.7 Å². The summed E-state index contributed by atoms with van der Waals surface area (Å²) in [6.07, 6.45) is 5.61. The highest BCUT2D eigenvalue weighted by atomic mass is 35.5. The lowest BCUT2D eigenvalue weighted by molar-refractivity contribution is 0.204. The first-order chi connectivity index (χ1) is 5.34. The Bertz CT molecular complexity index is 140. The second kappa shape index (κ2) is 6.07. The van der Waals surface area contributed by atoms with Crippen LogP contribution in [0.1, 0.15) is 25.7 Å². The second-order valence-electron chi connectivity index (χ2n) is 4.11. The monoisotopic (exact) mass is 226 g/mol. The fourth-order valence-electron chi connectivity index (χ4n) is 2.07. The summed E-state index contributed by atoms with van der Waals surface area (Å²) in [5.74, 6) is 1.01. The molecule has 80 valence electrons. The molecule has 0 aromatic heterocycles. The zero-order valence-electron chi connectivity index (χ0n) is 7.95. The van der Waals surface area contributed by atoms with Crippen LogP contribution in [0.4, 0.5) is 0 Å². The van der Waals surface area contributed by atoms with Crippen molar-refractivity contribution in [2.45, 2.75) is 31.7 Å². The van der Waals surface area contributed by atoms with Gasteiger partial charge >= 0.3 is 0 Å². The molecule has 1 saturated heterocycles. The van der Waals surface area contributed by atoms with Crippen molar-refractivity contribution in [1.29, 1.82) is 0 Å². The van der Waals surface area contributed by atoms with Crippen molar-refractivity contribution in [2.75, 3.05) is 19.6 Å². The fraction of sp³-hybridized carbons (Fsp3) is 1.00. The summed E-state index contributed by atoms with van der Waals surface area (Å²) in [5, 5.41) is 0. The number of likely N-dealkylation sites (tertiary alicyclic amines) is 1. The lowest BCUT2D eigenvalue weighted by atomic mass is 9.85. The highest BCUT2D eigenvalue weighted by Crippen LogP contribution is 2.27. The first-order valence-electron chi connectivity index (χ1n) is 4.82. The topological polar surface area (TPSA) is 29.3 Å². The van der Waals surface area contributed by atoms with E-state index in [4.69, 9.17) is 5.73 Å². The van der Waals surface area contributed by atoms with Crippen molar-refractivity contribution in [3.63, 3.8) is 0 Å². The van der Waals surface area contributed by atoms with E-state index in [0.717, 1.165) is 12.5 Å². The Hall–Kier alpha value is 0.500. The Morgan fingerprint density at radius 2 is 1.85 bits per heavy atom. The molecular weight excluding hydrogens is 207 g/mol. The van der Waals surface area contributed by atoms with Gasteiger partial charge in [-0.1, -0.05) is 6.42 Å². The van der Waals surface area contributed by atoms with E-state index >= 15 is 0 Å². The van der Waals surface area contributed by atoms with Gasteiger partial charge < -0.3 is 10.6 Å². The molecule has 2 fully saturated rings. The molecule has 0 unspecified atom stereocenters. The molecule has 4 heteroatoms. The van der Waals surface area contributed by atoms with E-state index in [-0.39, 0.29) is 24.8 Å². The fourth-order valence-corrected chi connectivity index (χ4v) is 2.07. The third-order valence-electron chi connectivity index (χ3n) is 3.05. The molecule has 2 aliphatic rings. The van der Waals surface area contributed by atoms with Crippen molar-refractivity contribution in [3.05, 3.63) is 0 Å². The predicted octanol–water partition coefficient (Wildman–Crippen LogP) is 1.66. The minimum Gasteiger partial charge on any atom is -0.326 e. The van der Waals surface area contributed by atoms with E-state index < -0.39 is 0 Å². The van der Waals surface area contributed by atoms with Crippen LogP contribution in [0.25, 0.3) is 0 Å². The average Bonchev–Trinajstić information content (AvgIpc) is 2.27. The van der Waals surface area contributed by atoms with Crippen LogP contribution in [0, 0.1) is 5.92 Å². The number of halogens is 2. The van der Waals surface area contributed by atoms with Crippen molar-refractivity contribution in [3.8, 4) is 0 Å². The molecule has 0 aromatic carbocycles. The Labute approximate surface area is 93.1 Å². The van der Waals surface area contributed by atoms with Gasteiger partial charge in [0.1, 0.15) is 0 Å². The third kappa shape index (κ3) is 3.62. The zero-order valence-corrected chi connectivity index (χ0v) is 9.58. The quantitative estimate of drug-likeness (QED) is 0.777. The number of nitrogens with two attached hydrogens (primary N) is 1. The van der Waals surface area contributed by atoms with Crippen molar-refractivity contribution in [2.24, 2.45) is 11.7 Å². The first-order valence-corrected chi connectivity index (χ1v) is 4.82. The highest BCUT2D eigenvalue weighted by molar-refractivity contribution is 5.85. The Morgan fingerprint density at radius 1 is 1.15 bits per heavy atom. The van der Waals surface area contributed by atoms with Crippen molar-refractivity contribution in [1.82, 2.24) is 4.90 Å². The molecule has 2 nitrogen and oxygen atoms in total. The molecule has 0 radical (unpaired) electrons. The van der Waals surface area contributed by atoms with Crippen molar-refractivity contribution < 1.29 is 0 Å². The minimum absolute atomic E-state index is 0. The molecule has 2 N–H and O–H groups in total. The van der Waals surface area contributed by atoms with Crippen LogP contribution < -0.4 is 5.73 Å². The smallest absolute Gasteiger partial charge is 0.0180 e. The Kier molecular flexibility index (Phi) is 6.31. The number of hydrogen-bond donors (Lipinski definition) is 1. The first kappa shape index (κ1) is 13.5. The molecule has 1 aliphatic carbocycles. The summed E-state index contributed by atoms with van der Waals surface area (Å²) in [7, 11) is 0. The van der Waals surface area contributed by atoms with Crippen LogP contribution in [0.3, 0.4) is 0 Å². The molecule has 0 aromatic rings. The van der Waals surface area contributed by atoms with Gasteiger partial charge in [0.25, 0.3) is 0 Å². The molecule has 13 heavy (non-hydrogen) atoms. The molecule has 1 heterocycles. The highest BCUT2D eigenvalue weighted by Gasteiger charge is 2.24. The van der Waals surface area contributed by atoms with Gasteiger partial charge in [-0.3, -0.25) is 0 Å². The van der Waals surface area contributed by atoms with Gasteiger partial charge in [0.2, 0.25) is 0 Å². The van der Waals surface area contributed by atoms with Gasteiger partial charge in [0.15, 0.2) is 0 Å². The van der Waals surface area contributed by atoms with E-state index in [1.807, 2.05) is 0 Å². The molecule has 0 bridgehead atoms. The van der Waals surface area contributed by atoms with Gasteiger partial charge in [0.05, 0.1) is 0 Å². The van der Waals surface area contributed by atoms with Crippen LogP contribution >= 0.6 is 24.8 Å². The van der Waals surface area contributed by atoms with E-state index in [9.17, 15) is 0 Å². The molecular formula is C9H20Cl2N2. The summed E-state index contributed by atoms with van der Waals surface area (Å²) in [6, 6.07) is 0.468. The van der Waals surface area contributed by atoms with Gasteiger partial charge in [0, 0.05) is 19.1 Å². The summed E-state index contributed by atoms with van der Waals surface area (Å²) in [6.45, 7) is 3.72. The van der Waals surface area contributed by atoms with E-state index in [0.29, 0.717) is 6.04 Å². The van der Waals surface area contributed by atoms with Crippen LogP contribution in [0.2, 0.25) is 0 Å². The van der Waals surface area contributed by atoms with Gasteiger partial charge in [-0.25, -0.2) is 0 Å².